The number of nitrogens with one attached hydrogen (secondary N) is 1. The summed E-state index contributed by atoms with van der Waals surface area (Å²) in [5.41, 5.74) is 7.89. The number of benzene rings is 4. The van der Waals surface area contributed by atoms with Crippen LogP contribution >= 0.6 is 11.6 Å². The summed E-state index contributed by atoms with van der Waals surface area (Å²) in [6, 6.07) is 22.5. The lowest BCUT2D eigenvalue weighted by molar-refractivity contribution is -0.125. The Bertz CT molecular complexity index is 2080. The fourth-order valence-electron chi connectivity index (χ4n) is 6.59. The van der Waals surface area contributed by atoms with Crippen molar-refractivity contribution in [2.75, 3.05) is 39.4 Å². The molecule has 3 N–H and O–H groups in total. The highest BCUT2D eigenvalue weighted by Crippen LogP contribution is 2.42. The summed E-state index contributed by atoms with van der Waals surface area (Å²) in [6.45, 7) is 12.5. The third-order valence-electron chi connectivity index (χ3n) is 9.58. The molecule has 2 fully saturated rings. The molecule has 2 atom stereocenters. The first kappa shape index (κ1) is 38.9. The number of hydrogen-bond donors (Lipinski definition) is 3. The van der Waals surface area contributed by atoms with E-state index in [1.165, 1.54) is 6.08 Å². The van der Waals surface area contributed by atoms with Gasteiger partial charge in [-0.15, -0.1) is 0 Å². The SMILES string of the molecule is C=CC(=O)Cl.C=CC(=O)N1CC[C@H](COc2cc(-c3ccc(O)cc3)cc3c2N=NC3)C1.Oc1ccc(-c2cc3c(c(OC[C@H]4CCNC4)c2)N=NC3)cc1. The van der Waals surface area contributed by atoms with Crippen molar-refractivity contribution in [3.63, 3.8) is 0 Å². The van der Waals surface area contributed by atoms with Gasteiger partial charge in [0.05, 0.1) is 26.3 Å². The van der Waals surface area contributed by atoms with Gasteiger partial charge in [0.25, 0.3) is 0 Å². The number of azo groups is 2. The zero-order valence-electron chi connectivity index (χ0n) is 30.4. The van der Waals surface area contributed by atoms with Gasteiger partial charge in [-0.3, -0.25) is 9.59 Å². The first-order valence-corrected chi connectivity index (χ1v) is 18.5. The number of likely N-dealkylation sites (tertiary alicyclic amines) is 1. The largest absolute Gasteiger partial charge is 0.508 e. The number of ether oxygens (including phenoxy) is 2. The number of rotatable bonds is 10. The molecular weight excluding hydrogens is 720 g/mol. The Morgan fingerprint density at radius 1 is 0.764 bits per heavy atom. The summed E-state index contributed by atoms with van der Waals surface area (Å²) in [5.74, 6) is 2.85. The number of hydrogen-bond acceptors (Lipinski definition) is 11. The van der Waals surface area contributed by atoms with Gasteiger partial charge >= 0.3 is 0 Å². The number of aromatic hydroxyl groups is 2. The molecule has 4 aromatic carbocycles. The average molecular weight is 763 g/mol. The number of nitrogens with zero attached hydrogens (tertiary/aromatic N) is 5. The Hall–Kier alpha value is -5.85. The number of halogens is 1. The van der Waals surface area contributed by atoms with Crippen LogP contribution in [0.5, 0.6) is 23.0 Å². The maximum Gasteiger partial charge on any atom is 0.245 e. The van der Waals surface area contributed by atoms with E-state index in [4.69, 9.17) is 21.1 Å². The van der Waals surface area contributed by atoms with E-state index < -0.39 is 5.24 Å². The lowest BCUT2D eigenvalue weighted by Gasteiger charge is -2.16. The molecule has 4 aliphatic rings. The molecule has 0 unspecified atom stereocenters. The molecule has 0 saturated carbocycles. The Morgan fingerprint density at radius 2 is 1.27 bits per heavy atom. The van der Waals surface area contributed by atoms with E-state index in [0.717, 1.165) is 89.1 Å². The van der Waals surface area contributed by atoms with Crippen LogP contribution in [0.2, 0.25) is 0 Å². The van der Waals surface area contributed by atoms with Crippen LogP contribution in [0.4, 0.5) is 11.4 Å². The van der Waals surface area contributed by atoms with E-state index in [-0.39, 0.29) is 17.4 Å². The van der Waals surface area contributed by atoms with E-state index in [9.17, 15) is 19.8 Å². The quantitative estimate of drug-likeness (QED) is 0.108. The molecule has 0 aromatic heterocycles. The van der Waals surface area contributed by atoms with Crippen LogP contribution in [-0.2, 0) is 22.7 Å². The van der Waals surface area contributed by atoms with Crippen molar-refractivity contribution in [2.45, 2.75) is 25.9 Å². The fourth-order valence-corrected chi connectivity index (χ4v) is 6.59. The van der Waals surface area contributed by atoms with Crippen LogP contribution in [0, 0.1) is 11.8 Å². The van der Waals surface area contributed by atoms with Crippen LogP contribution in [-0.4, -0.2) is 65.7 Å². The highest BCUT2D eigenvalue weighted by molar-refractivity contribution is 6.66. The number of amides is 1. The van der Waals surface area contributed by atoms with Crippen LogP contribution < -0.4 is 14.8 Å². The predicted molar refractivity (Wildman–Crippen MR) is 211 cm³/mol. The van der Waals surface area contributed by atoms with Gasteiger partial charge in [0.2, 0.25) is 11.1 Å². The molecule has 0 bridgehead atoms. The number of carbonyl (C=O) groups excluding carboxylic acids is 2. The number of allylic oxidation sites excluding steroid dienone is 1. The molecule has 1 amide bonds. The van der Waals surface area contributed by atoms with Crippen LogP contribution in [0.15, 0.2) is 119 Å². The van der Waals surface area contributed by atoms with Gasteiger partial charge in [0.15, 0.2) is 0 Å². The van der Waals surface area contributed by atoms with Crippen molar-refractivity contribution < 1.29 is 29.3 Å². The standard InChI is InChI=1S/C21H21N3O3.C18H19N3O2.C3H3ClO/c1-2-20(26)24-8-7-14(12-24)13-27-19-10-16(9-17-11-22-23-21(17)19)15-3-5-18(25)6-4-15;22-16-3-1-13(2-4-16)14-7-15-10-20-21-18(15)17(8-14)23-11-12-5-6-19-9-12;1-2-3(4)5/h2-6,9-10,14,25H,1,7-8,11-13H2;1-4,7-8,12,19,22H,5-6,9-11H2;2H,1H2/t14-;12-;/m00./s1. The van der Waals surface area contributed by atoms with Gasteiger partial charge in [-0.05, 0) is 114 Å². The number of carbonyl (C=O) groups is 2. The summed E-state index contributed by atoms with van der Waals surface area (Å²) in [6.07, 6.45) is 4.47. The summed E-state index contributed by atoms with van der Waals surface area (Å²) in [4.78, 5) is 23.0. The second-order valence-corrected chi connectivity index (χ2v) is 13.9. The monoisotopic (exact) mass is 762 g/mol. The lowest BCUT2D eigenvalue weighted by atomic mass is 10.0. The van der Waals surface area contributed by atoms with Gasteiger partial charge < -0.3 is 29.9 Å². The Labute approximate surface area is 324 Å². The fraction of sp³-hybridized carbons (Fsp3) is 0.286. The molecule has 4 aliphatic heterocycles. The van der Waals surface area contributed by atoms with Crippen molar-refractivity contribution in [3.05, 3.63) is 109 Å². The average Bonchev–Trinajstić information content (AvgIpc) is 4.05. The second kappa shape index (κ2) is 18.5. The summed E-state index contributed by atoms with van der Waals surface area (Å²) in [5, 5.41) is 38.5. The first-order chi connectivity index (χ1) is 26.7. The third kappa shape index (κ3) is 10.2. The second-order valence-electron chi connectivity index (χ2n) is 13.5. The highest BCUT2D eigenvalue weighted by Gasteiger charge is 2.26. The summed E-state index contributed by atoms with van der Waals surface area (Å²) < 4.78 is 12.2. The normalized spacial score (nSPS) is 17.3. The minimum atomic E-state index is -0.509. The van der Waals surface area contributed by atoms with Crippen molar-refractivity contribution in [1.82, 2.24) is 10.2 Å². The Balaban J connectivity index is 0.000000168. The van der Waals surface area contributed by atoms with E-state index in [2.05, 4.69) is 51.1 Å². The smallest absolute Gasteiger partial charge is 0.245 e. The summed E-state index contributed by atoms with van der Waals surface area (Å²) in [7, 11) is 0. The molecular formula is C42H43ClN6O6. The van der Waals surface area contributed by atoms with Crippen LogP contribution in [0.3, 0.4) is 0 Å². The van der Waals surface area contributed by atoms with E-state index in [0.29, 0.717) is 50.4 Å². The van der Waals surface area contributed by atoms with Crippen molar-refractivity contribution in [2.24, 2.45) is 32.3 Å². The zero-order chi connectivity index (χ0) is 38.7. The molecule has 0 spiro atoms. The van der Waals surface area contributed by atoms with Crippen molar-refractivity contribution in [1.29, 1.82) is 0 Å². The predicted octanol–water partition coefficient (Wildman–Crippen LogP) is 8.65. The van der Waals surface area contributed by atoms with Gasteiger partial charge in [-0.1, -0.05) is 37.4 Å². The molecule has 0 radical (unpaired) electrons. The van der Waals surface area contributed by atoms with E-state index >= 15 is 0 Å². The van der Waals surface area contributed by atoms with Crippen LogP contribution in [0.1, 0.15) is 24.0 Å². The molecule has 12 nitrogen and oxygen atoms in total. The molecule has 13 heteroatoms. The molecule has 8 rings (SSSR count). The molecule has 2 saturated heterocycles. The topological polar surface area (TPSA) is 158 Å². The van der Waals surface area contributed by atoms with Gasteiger partial charge in [0.1, 0.15) is 34.4 Å². The Morgan fingerprint density at radius 3 is 1.73 bits per heavy atom. The number of phenolic OH excluding ortho intramolecular Hbond substituents is 2. The maximum absolute atomic E-state index is 11.7. The third-order valence-corrected chi connectivity index (χ3v) is 9.73. The summed E-state index contributed by atoms with van der Waals surface area (Å²) >= 11 is 4.71. The lowest BCUT2D eigenvalue weighted by Crippen LogP contribution is -2.27. The highest BCUT2D eigenvalue weighted by atomic mass is 35.5. The molecule has 55 heavy (non-hydrogen) atoms. The molecule has 284 valence electrons. The molecule has 0 aliphatic carbocycles. The van der Waals surface area contributed by atoms with E-state index in [1.807, 2.05) is 36.4 Å². The minimum Gasteiger partial charge on any atom is -0.508 e. The zero-order valence-corrected chi connectivity index (χ0v) is 31.1. The Kier molecular flexibility index (Phi) is 13.0. The van der Waals surface area contributed by atoms with Gasteiger partial charge in [-0.25, -0.2) is 0 Å². The van der Waals surface area contributed by atoms with Crippen molar-refractivity contribution in [3.8, 4) is 45.3 Å². The molecule has 4 aromatic rings. The molecule has 4 heterocycles. The van der Waals surface area contributed by atoms with Crippen LogP contribution in [0.25, 0.3) is 22.3 Å². The van der Waals surface area contributed by atoms with Crippen molar-refractivity contribution >= 4 is 34.1 Å². The van der Waals surface area contributed by atoms with Gasteiger partial charge in [-0.2, -0.15) is 20.5 Å². The first-order valence-electron chi connectivity index (χ1n) is 18.1. The van der Waals surface area contributed by atoms with E-state index in [1.54, 1.807) is 29.2 Å². The maximum atomic E-state index is 11.7. The van der Waals surface area contributed by atoms with Gasteiger partial charge in [0, 0.05) is 42.6 Å². The minimum absolute atomic E-state index is 0.0264. The number of phenols is 2. The number of fused-ring (bicyclic) bond motifs is 2.